The van der Waals surface area contributed by atoms with Gasteiger partial charge in [0.25, 0.3) is 5.69 Å². The summed E-state index contributed by atoms with van der Waals surface area (Å²) in [7, 11) is 0. The summed E-state index contributed by atoms with van der Waals surface area (Å²) in [5.74, 6) is -0.283. The van der Waals surface area contributed by atoms with E-state index in [0.717, 1.165) is 25.9 Å². The van der Waals surface area contributed by atoms with Crippen molar-refractivity contribution >= 4 is 23.6 Å². The first-order valence-electron chi connectivity index (χ1n) is 7.81. The van der Waals surface area contributed by atoms with E-state index in [-0.39, 0.29) is 17.3 Å². The molecule has 1 saturated heterocycles. The van der Waals surface area contributed by atoms with E-state index in [0.29, 0.717) is 5.56 Å². The highest BCUT2D eigenvalue weighted by molar-refractivity contribution is 6.09. The zero-order valence-corrected chi connectivity index (χ0v) is 13.1. The zero-order valence-electron chi connectivity index (χ0n) is 13.1. The Balaban J connectivity index is 1.72. The number of benzene rings is 1. The van der Waals surface area contributed by atoms with Crippen LogP contribution in [0.3, 0.4) is 0 Å². The van der Waals surface area contributed by atoms with Crippen LogP contribution in [0, 0.1) is 10.1 Å². The number of nitrogens with zero attached hydrogens (tertiary/aromatic N) is 3. The van der Waals surface area contributed by atoms with Crippen LogP contribution in [0.2, 0.25) is 0 Å². The van der Waals surface area contributed by atoms with Gasteiger partial charge < -0.3 is 9.64 Å². The van der Waals surface area contributed by atoms with E-state index in [4.69, 9.17) is 4.74 Å². The van der Waals surface area contributed by atoms with E-state index in [2.05, 4.69) is 9.89 Å². The molecule has 24 heavy (non-hydrogen) atoms. The van der Waals surface area contributed by atoms with Gasteiger partial charge in [-0.05, 0) is 30.9 Å². The molecule has 3 rings (SSSR count). The van der Waals surface area contributed by atoms with Crippen LogP contribution in [-0.2, 0) is 9.53 Å². The number of carbonyl (C=O) groups is 1. The molecule has 0 N–H and O–H groups in total. The fourth-order valence-electron chi connectivity index (χ4n) is 2.62. The Labute approximate surface area is 139 Å². The van der Waals surface area contributed by atoms with Crippen LogP contribution in [0.5, 0.6) is 0 Å². The minimum Gasteiger partial charge on any atom is -0.403 e. The predicted octanol–water partition coefficient (Wildman–Crippen LogP) is 2.89. The van der Waals surface area contributed by atoms with Gasteiger partial charge in [0.2, 0.25) is 5.90 Å². The number of hydrogen-bond acceptors (Lipinski definition) is 6. The lowest BCUT2D eigenvalue weighted by molar-refractivity contribution is -0.384. The van der Waals surface area contributed by atoms with Crippen LogP contribution in [0.4, 0.5) is 5.69 Å². The van der Waals surface area contributed by atoms with Crippen molar-refractivity contribution in [2.45, 2.75) is 19.3 Å². The number of non-ortho nitro benzene ring substituents is 1. The normalized spacial score (nSPS) is 19.7. The quantitative estimate of drug-likeness (QED) is 0.367. The molecular formula is C17H17N3O4. The molecule has 0 atom stereocenters. The number of cyclic esters (lactones) is 1. The summed E-state index contributed by atoms with van der Waals surface area (Å²) in [6.07, 6.45) is 8.35. The molecule has 2 aliphatic heterocycles. The molecule has 0 saturated carbocycles. The third-order valence-corrected chi connectivity index (χ3v) is 3.83. The van der Waals surface area contributed by atoms with Crippen LogP contribution in [0.25, 0.3) is 6.08 Å². The maximum Gasteiger partial charge on any atom is 0.365 e. The van der Waals surface area contributed by atoms with Crippen molar-refractivity contribution in [1.82, 2.24) is 4.90 Å². The Morgan fingerprint density at radius 2 is 2.00 bits per heavy atom. The molecule has 7 heteroatoms. The monoisotopic (exact) mass is 327 g/mol. The number of likely N-dealkylation sites (tertiary alicyclic amines) is 1. The molecule has 0 bridgehead atoms. The van der Waals surface area contributed by atoms with Crippen LogP contribution >= 0.6 is 0 Å². The van der Waals surface area contributed by atoms with Crippen molar-refractivity contribution in [3.63, 3.8) is 0 Å². The van der Waals surface area contributed by atoms with Crippen molar-refractivity contribution in [1.29, 1.82) is 0 Å². The second-order valence-electron chi connectivity index (χ2n) is 5.64. The van der Waals surface area contributed by atoms with Crippen LogP contribution < -0.4 is 0 Å². The first-order chi connectivity index (χ1) is 11.6. The number of ether oxygens (including phenoxy) is 1. The molecule has 0 unspecified atom stereocenters. The molecular weight excluding hydrogens is 310 g/mol. The number of esters is 1. The number of carbonyl (C=O) groups excluding carboxylic acids is 1. The first-order valence-corrected chi connectivity index (χ1v) is 7.81. The third-order valence-electron chi connectivity index (χ3n) is 3.83. The summed E-state index contributed by atoms with van der Waals surface area (Å²) in [5.41, 5.74) is 0.931. The first kappa shape index (κ1) is 15.9. The summed E-state index contributed by atoms with van der Waals surface area (Å²) in [4.78, 5) is 28.4. The lowest BCUT2D eigenvalue weighted by atomic mass is 10.1. The van der Waals surface area contributed by atoms with Gasteiger partial charge in [0, 0.05) is 37.5 Å². The van der Waals surface area contributed by atoms with Crippen LogP contribution in [0.15, 0.2) is 47.2 Å². The number of hydrogen-bond donors (Lipinski definition) is 0. The number of piperidine rings is 1. The smallest absolute Gasteiger partial charge is 0.365 e. The fraction of sp³-hybridized carbons (Fsp3) is 0.294. The van der Waals surface area contributed by atoms with Gasteiger partial charge in [-0.2, -0.15) is 0 Å². The van der Waals surface area contributed by atoms with Crippen molar-refractivity contribution in [3.05, 3.63) is 57.9 Å². The number of nitro groups is 1. The second-order valence-corrected chi connectivity index (χ2v) is 5.64. The molecule has 1 aromatic carbocycles. The van der Waals surface area contributed by atoms with Crippen molar-refractivity contribution in [2.75, 3.05) is 13.1 Å². The summed E-state index contributed by atoms with van der Waals surface area (Å²) in [6, 6.07) is 6.19. The number of rotatable bonds is 4. The van der Waals surface area contributed by atoms with Gasteiger partial charge in [0.05, 0.1) is 4.92 Å². The standard InChI is InChI=1S/C17H17N3O4/c21-17-15(12-19-9-2-1-3-10-19)18-16(24-17)8-7-13-5-4-6-14(11-13)20(22)23/h4-8,11-12H,1-3,9-10H2/b8-7+,15-12-. The maximum atomic E-state index is 11.9. The van der Waals surface area contributed by atoms with Gasteiger partial charge in [0.1, 0.15) is 0 Å². The van der Waals surface area contributed by atoms with Gasteiger partial charge >= 0.3 is 5.97 Å². The maximum absolute atomic E-state index is 11.9. The van der Waals surface area contributed by atoms with E-state index < -0.39 is 10.9 Å². The molecule has 0 radical (unpaired) electrons. The molecule has 1 aromatic rings. The third kappa shape index (κ3) is 3.87. The van der Waals surface area contributed by atoms with Crippen molar-refractivity contribution in [3.8, 4) is 0 Å². The molecule has 2 aliphatic rings. The van der Waals surface area contributed by atoms with E-state index in [1.807, 2.05) is 0 Å². The Bertz CT molecular complexity index is 746. The molecule has 1 fully saturated rings. The van der Waals surface area contributed by atoms with Gasteiger partial charge in [-0.3, -0.25) is 10.1 Å². The van der Waals surface area contributed by atoms with Crippen molar-refractivity contribution < 1.29 is 14.5 Å². The highest BCUT2D eigenvalue weighted by Crippen LogP contribution is 2.18. The zero-order chi connectivity index (χ0) is 16.9. The van der Waals surface area contributed by atoms with E-state index in [1.165, 1.54) is 24.6 Å². The largest absolute Gasteiger partial charge is 0.403 e. The Kier molecular flexibility index (Phi) is 4.69. The SMILES string of the molecule is O=C1OC(/C=C/c2cccc([N+](=O)[O-])c2)=NC/1=C\N1CCCCC1. The second kappa shape index (κ2) is 7.08. The summed E-state index contributed by atoms with van der Waals surface area (Å²) >= 11 is 0. The predicted molar refractivity (Wildman–Crippen MR) is 89.2 cm³/mol. The number of aliphatic imine (C=N–C) groups is 1. The lowest BCUT2D eigenvalue weighted by Crippen LogP contribution is -2.25. The molecule has 0 aromatic heterocycles. The molecule has 0 aliphatic carbocycles. The van der Waals surface area contributed by atoms with Crippen molar-refractivity contribution in [2.24, 2.45) is 4.99 Å². The average Bonchev–Trinajstić information content (AvgIpc) is 2.94. The average molecular weight is 327 g/mol. The molecule has 2 heterocycles. The van der Waals surface area contributed by atoms with Crippen LogP contribution in [-0.4, -0.2) is 34.8 Å². The molecule has 0 spiro atoms. The van der Waals surface area contributed by atoms with Gasteiger partial charge in [-0.25, -0.2) is 9.79 Å². The van der Waals surface area contributed by atoms with E-state index in [1.54, 1.807) is 24.4 Å². The van der Waals surface area contributed by atoms with E-state index in [9.17, 15) is 14.9 Å². The summed E-state index contributed by atoms with van der Waals surface area (Å²) < 4.78 is 5.11. The summed E-state index contributed by atoms with van der Waals surface area (Å²) in [5, 5.41) is 10.8. The highest BCUT2D eigenvalue weighted by atomic mass is 16.6. The molecule has 7 nitrogen and oxygen atoms in total. The Morgan fingerprint density at radius 1 is 1.21 bits per heavy atom. The summed E-state index contributed by atoms with van der Waals surface area (Å²) in [6.45, 7) is 1.84. The molecule has 0 amide bonds. The van der Waals surface area contributed by atoms with Gasteiger partial charge in [-0.1, -0.05) is 12.1 Å². The minimum absolute atomic E-state index is 0.00758. The fourth-order valence-corrected chi connectivity index (χ4v) is 2.62. The van der Waals surface area contributed by atoms with Gasteiger partial charge in [0.15, 0.2) is 5.70 Å². The Hall–Kier alpha value is -2.96. The topological polar surface area (TPSA) is 85.0 Å². The minimum atomic E-state index is -0.473. The number of nitro benzene ring substituents is 1. The van der Waals surface area contributed by atoms with E-state index >= 15 is 0 Å². The Morgan fingerprint density at radius 3 is 2.75 bits per heavy atom. The molecule has 124 valence electrons. The van der Waals surface area contributed by atoms with Gasteiger partial charge in [-0.15, -0.1) is 0 Å². The highest BCUT2D eigenvalue weighted by Gasteiger charge is 2.22. The van der Waals surface area contributed by atoms with Crippen LogP contribution in [0.1, 0.15) is 24.8 Å². The lowest BCUT2D eigenvalue weighted by Gasteiger charge is -2.24.